The number of fused-ring (bicyclic) bond motifs is 1. The highest BCUT2D eigenvalue weighted by Crippen LogP contribution is 2.28. The number of amides is 1. The lowest BCUT2D eigenvalue weighted by molar-refractivity contribution is -0.111. The first-order valence-corrected chi connectivity index (χ1v) is 12.1. The van der Waals surface area contributed by atoms with E-state index in [1.54, 1.807) is 18.5 Å². The van der Waals surface area contributed by atoms with Crippen molar-refractivity contribution in [3.63, 3.8) is 0 Å². The molecule has 0 bridgehead atoms. The fourth-order valence-corrected chi connectivity index (χ4v) is 4.34. The summed E-state index contributed by atoms with van der Waals surface area (Å²) in [6.07, 6.45) is 7.01. The first kappa shape index (κ1) is 23.4. The maximum atomic E-state index is 11.7. The van der Waals surface area contributed by atoms with E-state index >= 15 is 0 Å². The van der Waals surface area contributed by atoms with Crippen LogP contribution >= 0.6 is 0 Å². The van der Waals surface area contributed by atoms with E-state index in [-0.39, 0.29) is 5.91 Å². The van der Waals surface area contributed by atoms with Crippen LogP contribution in [0.15, 0.2) is 79.6 Å². The highest BCUT2D eigenvalue weighted by molar-refractivity contribution is 5.99. The van der Waals surface area contributed by atoms with Gasteiger partial charge < -0.3 is 20.9 Å². The van der Waals surface area contributed by atoms with Crippen LogP contribution < -0.4 is 16.0 Å². The molecule has 0 saturated carbocycles. The predicted molar refractivity (Wildman–Crippen MR) is 145 cm³/mol. The Balaban J connectivity index is 1.35. The highest BCUT2D eigenvalue weighted by Gasteiger charge is 2.16. The molecule has 8 heteroatoms. The lowest BCUT2D eigenvalue weighted by atomic mass is 10.1. The molecule has 4 aromatic rings. The molecule has 0 atom stereocenters. The predicted octanol–water partition coefficient (Wildman–Crippen LogP) is 5.07. The molecule has 0 spiro atoms. The summed E-state index contributed by atoms with van der Waals surface area (Å²) in [5, 5.41) is 10.6. The molecule has 182 valence electrons. The number of para-hydroxylation sites is 1. The number of hydrogen-bond acceptors (Lipinski definition) is 7. The molecule has 0 unspecified atom stereocenters. The molecule has 2 aromatic carbocycles. The second-order valence-corrected chi connectivity index (χ2v) is 8.98. The van der Waals surface area contributed by atoms with Crippen molar-refractivity contribution in [2.24, 2.45) is 0 Å². The smallest absolute Gasteiger partial charge is 0.247 e. The maximum absolute atomic E-state index is 11.7. The third-order valence-corrected chi connectivity index (χ3v) is 6.33. The molecule has 5 rings (SSSR count). The van der Waals surface area contributed by atoms with Crippen molar-refractivity contribution >= 4 is 39.8 Å². The standard InChI is InChI=1S/C28H29N7O/c1-3-26(36)32-23-11-14-29-25(17-23)24-6-4-5-19-18-30-28(34-27(19)24)33-21-9-7-20(8-10-21)31-22-12-15-35(2)16-13-22/h3-11,14,17-18,22,31H,1,12-13,15-16H2,2H3,(H,29,32,36)(H,30,33,34). The summed E-state index contributed by atoms with van der Waals surface area (Å²) in [5.41, 5.74) is 5.00. The summed E-state index contributed by atoms with van der Waals surface area (Å²) in [6, 6.07) is 18.2. The molecule has 1 fully saturated rings. The average Bonchev–Trinajstić information content (AvgIpc) is 2.91. The average molecular weight is 480 g/mol. The van der Waals surface area contributed by atoms with Gasteiger partial charge in [0.25, 0.3) is 0 Å². The minimum absolute atomic E-state index is 0.272. The largest absolute Gasteiger partial charge is 0.382 e. The number of anilines is 4. The van der Waals surface area contributed by atoms with E-state index in [1.165, 1.54) is 6.08 Å². The third-order valence-electron chi connectivity index (χ3n) is 6.33. The molecule has 1 amide bonds. The molecule has 1 saturated heterocycles. The zero-order valence-corrected chi connectivity index (χ0v) is 20.2. The number of hydrogen-bond donors (Lipinski definition) is 3. The van der Waals surface area contributed by atoms with Crippen LogP contribution in [0, 0.1) is 0 Å². The van der Waals surface area contributed by atoms with Crippen molar-refractivity contribution in [3.8, 4) is 11.3 Å². The maximum Gasteiger partial charge on any atom is 0.247 e. The number of pyridine rings is 1. The van der Waals surface area contributed by atoms with Gasteiger partial charge in [0.2, 0.25) is 11.9 Å². The minimum Gasteiger partial charge on any atom is -0.382 e. The Morgan fingerprint density at radius 3 is 2.58 bits per heavy atom. The number of carbonyl (C=O) groups excluding carboxylic acids is 1. The Kier molecular flexibility index (Phi) is 6.86. The van der Waals surface area contributed by atoms with Gasteiger partial charge >= 0.3 is 0 Å². The van der Waals surface area contributed by atoms with Crippen molar-refractivity contribution in [2.45, 2.75) is 18.9 Å². The van der Waals surface area contributed by atoms with Crippen molar-refractivity contribution in [1.82, 2.24) is 19.9 Å². The number of nitrogens with one attached hydrogen (secondary N) is 3. The molecule has 1 aliphatic rings. The third kappa shape index (κ3) is 5.50. The number of likely N-dealkylation sites (tertiary alicyclic amines) is 1. The fraction of sp³-hybridized carbons (Fsp3) is 0.214. The van der Waals surface area contributed by atoms with Gasteiger partial charge in [-0.3, -0.25) is 9.78 Å². The van der Waals surface area contributed by atoms with Crippen LogP contribution in [-0.4, -0.2) is 51.9 Å². The summed E-state index contributed by atoms with van der Waals surface area (Å²) in [7, 11) is 2.17. The molecule has 36 heavy (non-hydrogen) atoms. The molecule has 8 nitrogen and oxygen atoms in total. The molecule has 0 radical (unpaired) electrons. The SMILES string of the molecule is C=CC(=O)Nc1ccnc(-c2cccc3cnc(Nc4ccc(NC5CCN(C)CC5)cc4)nc23)c1. The Morgan fingerprint density at radius 1 is 1.03 bits per heavy atom. The summed E-state index contributed by atoms with van der Waals surface area (Å²) in [5.74, 6) is 0.230. The van der Waals surface area contributed by atoms with E-state index < -0.39 is 0 Å². The topological polar surface area (TPSA) is 95.1 Å². The van der Waals surface area contributed by atoms with E-state index in [2.05, 4.69) is 56.6 Å². The molecular weight excluding hydrogens is 450 g/mol. The van der Waals surface area contributed by atoms with Gasteiger partial charge in [0, 0.05) is 46.4 Å². The van der Waals surface area contributed by atoms with Gasteiger partial charge in [-0.15, -0.1) is 0 Å². The summed E-state index contributed by atoms with van der Waals surface area (Å²) >= 11 is 0. The van der Waals surface area contributed by atoms with Gasteiger partial charge in [-0.25, -0.2) is 9.97 Å². The fourth-order valence-electron chi connectivity index (χ4n) is 4.34. The Morgan fingerprint density at radius 2 is 1.81 bits per heavy atom. The van der Waals surface area contributed by atoms with Gasteiger partial charge in [-0.05, 0) is 75.5 Å². The molecular formula is C28H29N7O. The molecule has 1 aliphatic heterocycles. The lowest BCUT2D eigenvalue weighted by Crippen LogP contribution is -2.36. The zero-order valence-electron chi connectivity index (χ0n) is 20.2. The van der Waals surface area contributed by atoms with Crippen molar-refractivity contribution in [1.29, 1.82) is 0 Å². The van der Waals surface area contributed by atoms with Gasteiger partial charge in [0.15, 0.2) is 0 Å². The molecule has 3 heterocycles. The van der Waals surface area contributed by atoms with Gasteiger partial charge in [0.05, 0.1) is 11.2 Å². The number of benzene rings is 2. The second-order valence-electron chi connectivity index (χ2n) is 8.98. The van der Waals surface area contributed by atoms with Crippen LogP contribution in [0.1, 0.15) is 12.8 Å². The molecule has 3 N–H and O–H groups in total. The van der Waals surface area contributed by atoms with Crippen molar-refractivity contribution in [2.75, 3.05) is 36.1 Å². The van der Waals surface area contributed by atoms with Crippen LogP contribution in [-0.2, 0) is 4.79 Å². The van der Waals surface area contributed by atoms with E-state index in [4.69, 9.17) is 4.98 Å². The van der Waals surface area contributed by atoms with E-state index in [0.717, 1.165) is 53.8 Å². The quantitative estimate of drug-likeness (QED) is 0.319. The lowest BCUT2D eigenvalue weighted by Gasteiger charge is -2.30. The van der Waals surface area contributed by atoms with Crippen LogP contribution in [0.3, 0.4) is 0 Å². The molecule has 2 aromatic heterocycles. The van der Waals surface area contributed by atoms with Crippen LogP contribution in [0.4, 0.5) is 23.0 Å². The van der Waals surface area contributed by atoms with Crippen LogP contribution in [0.25, 0.3) is 22.2 Å². The van der Waals surface area contributed by atoms with Gasteiger partial charge in [0.1, 0.15) is 0 Å². The van der Waals surface area contributed by atoms with Gasteiger partial charge in [-0.2, -0.15) is 0 Å². The van der Waals surface area contributed by atoms with E-state index in [0.29, 0.717) is 23.4 Å². The monoisotopic (exact) mass is 479 g/mol. The number of piperidine rings is 1. The molecule has 0 aliphatic carbocycles. The number of carbonyl (C=O) groups is 1. The minimum atomic E-state index is -0.272. The van der Waals surface area contributed by atoms with E-state index in [1.807, 2.05) is 36.4 Å². The zero-order chi connectivity index (χ0) is 24.9. The van der Waals surface area contributed by atoms with Crippen LogP contribution in [0.5, 0.6) is 0 Å². The number of rotatable bonds is 7. The Bertz CT molecular complexity index is 1380. The Hall–Kier alpha value is -4.30. The Labute approximate surface area is 210 Å². The van der Waals surface area contributed by atoms with E-state index in [9.17, 15) is 4.79 Å². The highest BCUT2D eigenvalue weighted by atomic mass is 16.1. The summed E-state index contributed by atoms with van der Waals surface area (Å²) in [4.78, 5) is 27.9. The first-order valence-electron chi connectivity index (χ1n) is 12.1. The number of nitrogens with zero attached hydrogens (tertiary/aromatic N) is 4. The number of aromatic nitrogens is 3. The van der Waals surface area contributed by atoms with Gasteiger partial charge in [-0.1, -0.05) is 24.8 Å². The van der Waals surface area contributed by atoms with Crippen LogP contribution in [0.2, 0.25) is 0 Å². The second kappa shape index (κ2) is 10.5. The van der Waals surface area contributed by atoms with Crippen molar-refractivity contribution in [3.05, 3.63) is 79.6 Å². The first-order chi connectivity index (χ1) is 17.6. The summed E-state index contributed by atoms with van der Waals surface area (Å²) < 4.78 is 0. The van der Waals surface area contributed by atoms with Crippen molar-refractivity contribution < 1.29 is 4.79 Å². The normalized spacial score (nSPS) is 14.4. The summed E-state index contributed by atoms with van der Waals surface area (Å²) in [6.45, 7) is 5.75.